The largest absolute Gasteiger partial charge is 0.493 e. The van der Waals surface area contributed by atoms with Crippen LogP contribution in [-0.4, -0.2) is 21.7 Å². The maximum atomic E-state index is 12.9. The molecule has 0 spiro atoms. The first kappa shape index (κ1) is 21.6. The van der Waals surface area contributed by atoms with E-state index in [-0.39, 0.29) is 5.56 Å². The first-order valence-corrected chi connectivity index (χ1v) is 11.5. The fraction of sp³-hybridized carbons (Fsp3) is 0.0741. The van der Waals surface area contributed by atoms with Gasteiger partial charge in [0.15, 0.2) is 17.3 Å². The Morgan fingerprint density at radius 2 is 1.68 bits per heavy atom. The van der Waals surface area contributed by atoms with Crippen molar-refractivity contribution in [3.8, 4) is 11.5 Å². The van der Waals surface area contributed by atoms with Gasteiger partial charge >= 0.3 is 0 Å². The lowest BCUT2D eigenvalue weighted by Crippen LogP contribution is -2.23. The van der Waals surface area contributed by atoms with Crippen molar-refractivity contribution in [2.45, 2.75) is 6.61 Å². The second kappa shape index (κ2) is 9.72. The summed E-state index contributed by atoms with van der Waals surface area (Å²) in [7, 11) is 1.60. The van der Waals surface area contributed by atoms with Crippen molar-refractivity contribution in [2.75, 3.05) is 7.11 Å². The van der Waals surface area contributed by atoms with Crippen LogP contribution in [0.15, 0.2) is 83.7 Å². The quantitative estimate of drug-likeness (QED) is 0.354. The van der Waals surface area contributed by atoms with Gasteiger partial charge in [-0.25, -0.2) is 0 Å². The molecule has 0 aliphatic carbocycles. The molecule has 0 N–H and O–H groups in total. The van der Waals surface area contributed by atoms with Gasteiger partial charge in [0.25, 0.3) is 5.56 Å². The summed E-state index contributed by atoms with van der Waals surface area (Å²) in [5, 5.41) is 4.34. The van der Waals surface area contributed by atoms with Crippen molar-refractivity contribution in [3.63, 3.8) is 0 Å². The number of hydrogen-bond acceptors (Lipinski definition) is 6. The molecular formula is C27H21N3O3S. The molecular weight excluding hydrogens is 446 g/mol. The Labute approximate surface area is 200 Å². The molecule has 168 valence electrons. The van der Waals surface area contributed by atoms with E-state index in [1.54, 1.807) is 13.2 Å². The van der Waals surface area contributed by atoms with Crippen molar-refractivity contribution in [1.29, 1.82) is 0 Å². The molecule has 0 atom stereocenters. The van der Waals surface area contributed by atoms with Gasteiger partial charge in [-0.3, -0.25) is 4.79 Å². The fourth-order valence-corrected chi connectivity index (χ4v) is 4.35. The molecule has 2 aromatic heterocycles. The van der Waals surface area contributed by atoms with Crippen molar-refractivity contribution >= 4 is 34.5 Å². The molecule has 0 amide bonds. The summed E-state index contributed by atoms with van der Waals surface area (Å²) in [6.07, 6.45) is 5.54. The highest BCUT2D eigenvalue weighted by molar-refractivity contribution is 7.15. The third kappa shape index (κ3) is 4.74. The number of rotatable bonds is 7. The van der Waals surface area contributed by atoms with Gasteiger partial charge in [-0.15, -0.1) is 5.10 Å². The van der Waals surface area contributed by atoms with E-state index in [1.807, 2.05) is 91.0 Å². The van der Waals surface area contributed by atoms with Gasteiger partial charge in [-0.05, 0) is 41.0 Å². The highest BCUT2D eigenvalue weighted by Crippen LogP contribution is 2.29. The molecule has 0 saturated heterocycles. The van der Waals surface area contributed by atoms with Gasteiger partial charge in [0.05, 0.1) is 11.6 Å². The SMILES string of the molecule is COc1cc(/C=c2/sc3nc(/C=C/c4ccccc4)nn3c2=O)ccc1OCc1ccccc1. The standard InChI is InChI=1S/C27H21N3O3S/c1-32-23-16-21(12-14-22(23)33-18-20-10-6-3-7-11-20)17-24-26(31)30-27(34-24)28-25(29-30)15-13-19-8-4-2-5-9-19/h2-17H,18H2,1H3/b15-13+,24-17+. The molecule has 0 saturated carbocycles. The molecule has 6 nitrogen and oxygen atoms in total. The molecule has 3 aromatic carbocycles. The van der Waals surface area contributed by atoms with Crippen LogP contribution in [0.3, 0.4) is 0 Å². The van der Waals surface area contributed by atoms with Gasteiger partial charge in [-0.1, -0.05) is 84.1 Å². The molecule has 2 heterocycles. The lowest BCUT2D eigenvalue weighted by Gasteiger charge is -2.11. The summed E-state index contributed by atoms with van der Waals surface area (Å²) in [5.74, 6) is 1.74. The topological polar surface area (TPSA) is 65.7 Å². The van der Waals surface area contributed by atoms with E-state index < -0.39 is 0 Å². The third-order valence-electron chi connectivity index (χ3n) is 5.15. The van der Waals surface area contributed by atoms with Gasteiger partial charge in [-0.2, -0.15) is 9.50 Å². The average molecular weight is 468 g/mol. The van der Waals surface area contributed by atoms with Gasteiger partial charge in [0.2, 0.25) is 4.96 Å². The molecule has 34 heavy (non-hydrogen) atoms. The minimum Gasteiger partial charge on any atom is -0.493 e. The number of thiazole rings is 1. The number of methoxy groups -OCH3 is 1. The summed E-state index contributed by atoms with van der Waals surface area (Å²) in [6.45, 7) is 0.444. The van der Waals surface area contributed by atoms with Crippen molar-refractivity contribution in [2.24, 2.45) is 0 Å². The smallest absolute Gasteiger partial charge is 0.291 e. The molecule has 0 aliphatic rings. The first-order chi connectivity index (χ1) is 16.7. The van der Waals surface area contributed by atoms with Crippen LogP contribution in [0.1, 0.15) is 22.5 Å². The van der Waals surface area contributed by atoms with E-state index in [9.17, 15) is 4.79 Å². The highest BCUT2D eigenvalue weighted by Gasteiger charge is 2.10. The zero-order chi connectivity index (χ0) is 23.3. The van der Waals surface area contributed by atoms with E-state index in [2.05, 4.69) is 10.1 Å². The van der Waals surface area contributed by atoms with E-state index >= 15 is 0 Å². The summed E-state index contributed by atoms with van der Waals surface area (Å²) in [5.41, 5.74) is 2.75. The van der Waals surface area contributed by atoms with Crippen molar-refractivity contribution < 1.29 is 9.47 Å². The number of hydrogen-bond donors (Lipinski definition) is 0. The average Bonchev–Trinajstić information content (AvgIpc) is 3.41. The molecule has 5 aromatic rings. The van der Waals surface area contributed by atoms with Crippen LogP contribution in [0.4, 0.5) is 0 Å². The Hall–Kier alpha value is -4.23. The van der Waals surface area contributed by atoms with E-state index in [4.69, 9.17) is 9.47 Å². The van der Waals surface area contributed by atoms with E-state index in [0.717, 1.165) is 16.7 Å². The van der Waals surface area contributed by atoms with Crippen LogP contribution in [0.25, 0.3) is 23.2 Å². The number of fused-ring (bicyclic) bond motifs is 1. The molecule has 7 heteroatoms. The summed E-state index contributed by atoms with van der Waals surface area (Å²) in [4.78, 5) is 17.9. The Bertz CT molecular complexity index is 1560. The Morgan fingerprint density at radius 3 is 2.41 bits per heavy atom. The van der Waals surface area contributed by atoms with Crippen LogP contribution >= 0.6 is 11.3 Å². The molecule has 5 rings (SSSR count). The van der Waals surface area contributed by atoms with Crippen LogP contribution in [0.2, 0.25) is 0 Å². The van der Waals surface area contributed by atoms with Crippen molar-refractivity contribution in [1.82, 2.24) is 14.6 Å². The predicted molar refractivity (Wildman–Crippen MR) is 135 cm³/mol. The predicted octanol–water partition coefficient (Wildman–Crippen LogP) is 4.46. The monoisotopic (exact) mass is 467 g/mol. The Balaban J connectivity index is 1.38. The summed E-state index contributed by atoms with van der Waals surface area (Å²) >= 11 is 1.30. The Morgan fingerprint density at radius 1 is 0.912 bits per heavy atom. The number of ether oxygens (including phenoxy) is 2. The van der Waals surface area contributed by atoms with Crippen molar-refractivity contribution in [3.05, 3.63) is 116 Å². The molecule has 0 bridgehead atoms. The van der Waals surface area contributed by atoms with Crippen LogP contribution in [-0.2, 0) is 6.61 Å². The molecule has 0 aliphatic heterocycles. The first-order valence-electron chi connectivity index (χ1n) is 10.7. The third-order valence-corrected chi connectivity index (χ3v) is 6.10. The van der Waals surface area contributed by atoms with Crippen LogP contribution < -0.4 is 19.6 Å². The minimum atomic E-state index is -0.199. The summed E-state index contributed by atoms with van der Waals surface area (Å²) < 4.78 is 13.3. The molecule has 0 fully saturated rings. The Kier molecular flexibility index (Phi) is 6.18. The van der Waals surface area contributed by atoms with E-state index in [0.29, 0.717) is 33.4 Å². The second-order valence-electron chi connectivity index (χ2n) is 7.51. The van der Waals surface area contributed by atoms with Gasteiger partial charge in [0, 0.05) is 0 Å². The van der Waals surface area contributed by atoms with Gasteiger partial charge in [0.1, 0.15) is 6.61 Å². The van der Waals surface area contributed by atoms with Gasteiger partial charge < -0.3 is 9.47 Å². The maximum Gasteiger partial charge on any atom is 0.291 e. The lowest BCUT2D eigenvalue weighted by molar-refractivity contribution is 0.284. The highest BCUT2D eigenvalue weighted by atomic mass is 32.1. The lowest BCUT2D eigenvalue weighted by atomic mass is 10.2. The second-order valence-corrected chi connectivity index (χ2v) is 8.52. The maximum absolute atomic E-state index is 12.9. The van der Waals surface area contributed by atoms with E-state index in [1.165, 1.54) is 15.9 Å². The molecule has 0 radical (unpaired) electrons. The number of aromatic nitrogens is 3. The number of benzene rings is 3. The van der Waals surface area contributed by atoms with Crippen LogP contribution in [0.5, 0.6) is 11.5 Å². The minimum absolute atomic E-state index is 0.199. The number of nitrogens with zero attached hydrogens (tertiary/aromatic N) is 3. The zero-order valence-corrected chi connectivity index (χ0v) is 19.2. The summed E-state index contributed by atoms with van der Waals surface area (Å²) in [6, 6.07) is 25.4. The fourth-order valence-electron chi connectivity index (χ4n) is 3.43. The molecule has 0 unspecified atom stereocenters. The zero-order valence-electron chi connectivity index (χ0n) is 18.4. The normalized spacial score (nSPS) is 12.0. The van der Waals surface area contributed by atoms with Crippen LogP contribution in [0, 0.1) is 0 Å².